The van der Waals surface area contributed by atoms with Gasteiger partial charge in [-0.2, -0.15) is 5.10 Å². The summed E-state index contributed by atoms with van der Waals surface area (Å²) in [5.74, 6) is 0.0825. The maximum Gasteiger partial charge on any atom is 0.257 e. The molecule has 1 amide bonds. The third-order valence-electron chi connectivity index (χ3n) is 4.50. The van der Waals surface area contributed by atoms with Crippen LogP contribution in [0.3, 0.4) is 0 Å². The van der Waals surface area contributed by atoms with E-state index < -0.39 is 0 Å². The summed E-state index contributed by atoms with van der Waals surface area (Å²) in [6.07, 6.45) is 0.984. The van der Waals surface area contributed by atoms with Crippen LogP contribution >= 0.6 is 24.0 Å². The Morgan fingerprint density at radius 1 is 1.24 bits per heavy atom. The lowest BCUT2D eigenvalue weighted by Crippen LogP contribution is -2.34. The Balaban J connectivity index is 0.00000225. The highest BCUT2D eigenvalue weighted by Crippen LogP contribution is 2.20. The summed E-state index contributed by atoms with van der Waals surface area (Å²) >= 11 is 6.25. The lowest BCUT2D eigenvalue weighted by Gasteiger charge is -2.20. The van der Waals surface area contributed by atoms with Gasteiger partial charge in [-0.05, 0) is 38.4 Å². The summed E-state index contributed by atoms with van der Waals surface area (Å²) < 4.78 is 1.87. The van der Waals surface area contributed by atoms with Gasteiger partial charge in [-0.1, -0.05) is 29.8 Å². The molecule has 3 rings (SSSR count). The van der Waals surface area contributed by atoms with E-state index in [1.54, 1.807) is 0 Å². The van der Waals surface area contributed by atoms with E-state index in [2.05, 4.69) is 10.4 Å². The lowest BCUT2D eigenvalue weighted by atomic mass is 10.1. The number of carbonyl (C=O) groups excluding carboxylic acids is 1. The fourth-order valence-electron chi connectivity index (χ4n) is 3.16. The van der Waals surface area contributed by atoms with Gasteiger partial charge in [0.1, 0.15) is 0 Å². The molecule has 136 valence electrons. The fraction of sp³-hybridized carbons (Fsp3) is 0.444. The molecule has 0 bridgehead atoms. The van der Waals surface area contributed by atoms with Gasteiger partial charge >= 0.3 is 0 Å². The highest BCUT2D eigenvalue weighted by molar-refractivity contribution is 6.31. The van der Waals surface area contributed by atoms with Gasteiger partial charge in [0.15, 0.2) is 0 Å². The first kappa shape index (κ1) is 19.8. The number of rotatable bonds is 3. The molecule has 2 heterocycles. The van der Waals surface area contributed by atoms with Crippen molar-refractivity contribution in [2.75, 3.05) is 26.2 Å². The first-order chi connectivity index (χ1) is 11.6. The Morgan fingerprint density at radius 2 is 2.00 bits per heavy atom. The first-order valence-corrected chi connectivity index (χ1v) is 8.73. The molecule has 0 saturated carbocycles. The van der Waals surface area contributed by atoms with E-state index in [1.165, 1.54) is 0 Å². The molecule has 1 aliphatic heterocycles. The molecule has 0 atom stereocenters. The van der Waals surface area contributed by atoms with Crippen molar-refractivity contribution in [1.82, 2.24) is 20.0 Å². The Hall–Kier alpha value is -1.56. The van der Waals surface area contributed by atoms with Crippen molar-refractivity contribution in [3.63, 3.8) is 0 Å². The minimum Gasteiger partial charge on any atom is -0.337 e. The number of nitrogens with zero attached hydrogens (tertiary/aromatic N) is 3. The van der Waals surface area contributed by atoms with Gasteiger partial charge in [0, 0.05) is 30.4 Å². The van der Waals surface area contributed by atoms with E-state index in [9.17, 15) is 4.79 Å². The summed E-state index contributed by atoms with van der Waals surface area (Å²) in [6.45, 7) is 7.78. The Bertz CT molecular complexity index is 737. The van der Waals surface area contributed by atoms with Crippen LogP contribution in [0.15, 0.2) is 24.3 Å². The van der Waals surface area contributed by atoms with Crippen LogP contribution in [0, 0.1) is 13.8 Å². The molecular formula is C18H24Cl2N4O. The number of aromatic nitrogens is 2. The molecule has 1 fully saturated rings. The summed E-state index contributed by atoms with van der Waals surface area (Å²) in [6, 6.07) is 7.73. The first-order valence-electron chi connectivity index (χ1n) is 8.35. The fourth-order valence-corrected chi connectivity index (χ4v) is 3.35. The zero-order valence-electron chi connectivity index (χ0n) is 14.6. The number of benzene rings is 1. The van der Waals surface area contributed by atoms with Crippen LogP contribution in [-0.2, 0) is 6.54 Å². The van der Waals surface area contributed by atoms with E-state index in [4.69, 9.17) is 11.6 Å². The Kier molecular flexibility index (Phi) is 6.87. The van der Waals surface area contributed by atoms with Gasteiger partial charge in [0.25, 0.3) is 5.91 Å². The normalized spacial score (nSPS) is 14.8. The van der Waals surface area contributed by atoms with Gasteiger partial charge in [-0.25, -0.2) is 0 Å². The van der Waals surface area contributed by atoms with E-state index >= 15 is 0 Å². The molecule has 1 aromatic carbocycles. The monoisotopic (exact) mass is 382 g/mol. The minimum absolute atomic E-state index is 0. The van der Waals surface area contributed by atoms with Crippen LogP contribution < -0.4 is 5.32 Å². The summed E-state index contributed by atoms with van der Waals surface area (Å²) in [7, 11) is 0. The second-order valence-electron chi connectivity index (χ2n) is 6.19. The number of halogens is 2. The van der Waals surface area contributed by atoms with Crippen LogP contribution in [0.5, 0.6) is 0 Å². The summed E-state index contributed by atoms with van der Waals surface area (Å²) in [4.78, 5) is 14.9. The van der Waals surface area contributed by atoms with Crippen molar-refractivity contribution in [2.45, 2.75) is 26.8 Å². The van der Waals surface area contributed by atoms with Crippen LogP contribution in [0.2, 0.25) is 5.02 Å². The van der Waals surface area contributed by atoms with Crippen molar-refractivity contribution in [3.8, 4) is 0 Å². The van der Waals surface area contributed by atoms with Gasteiger partial charge in [-0.15, -0.1) is 12.4 Å². The van der Waals surface area contributed by atoms with Gasteiger partial charge in [0.05, 0.1) is 17.8 Å². The maximum atomic E-state index is 12.9. The van der Waals surface area contributed by atoms with E-state index in [1.807, 2.05) is 47.7 Å². The molecule has 2 aromatic rings. The van der Waals surface area contributed by atoms with Gasteiger partial charge < -0.3 is 10.2 Å². The quantitative estimate of drug-likeness (QED) is 0.887. The topological polar surface area (TPSA) is 50.2 Å². The predicted octanol–water partition coefficient (Wildman–Crippen LogP) is 3.06. The molecule has 1 aliphatic rings. The second kappa shape index (κ2) is 8.70. The van der Waals surface area contributed by atoms with E-state index in [0.29, 0.717) is 6.54 Å². The maximum absolute atomic E-state index is 12.9. The molecule has 1 saturated heterocycles. The highest BCUT2D eigenvalue weighted by Gasteiger charge is 2.24. The average Bonchev–Trinajstić information content (AvgIpc) is 2.75. The molecule has 0 unspecified atom stereocenters. The lowest BCUT2D eigenvalue weighted by molar-refractivity contribution is 0.0765. The zero-order chi connectivity index (χ0) is 17.1. The molecule has 0 aliphatic carbocycles. The number of amides is 1. The van der Waals surface area contributed by atoms with Crippen LogP contribution in [0.25, 0.3) is 0 Å². The summed E-state index contributed by atoms with van der Waals surface area (Å²) in [5.41, 5.74) is 3.41. The van der Waals surface area contributed by atoms with Crippen molar-refractivity contribution in [3.05, 3.63) is 51.8 Å². The molecule has 25 heavy (non-hydrogen) atoms. The van der Waals surface area contributed by atoms with E-state index in [0.717, 1.165) is 60.1 Å². The Morgan fingerprint density at radius 3 is 2.76 bits per heavy atom. The molecular weight excluding hydrogens is 359 g/mol. The standard InChI is InChI=1S/C18H23ClN4O.ClH/c1-13-17(18(24)22-10-5-8-20-9-11-22)14(2)23(21-13)12-15-6-3-4-7-16(15)19;/h3-4,6-7,20H,5,8-12H2,1-2H3;1H. The SMILES string of the molecule is Cc1nn(Cc2ccccc2Cl)c(C)c1C(=O)N1CCCNCC1.Cl. The average molecular weight is 383 g/mol. The van der Waals surface area contributed by atoms with Gasteiger partial charge in [0.2, 0.25) is 0 Å². The molecule has 7 heteroatoms. The van der Waals surface area contributed by atoms with Gasteiger partial charge in [-0.3, -0.25) is 9.48 Å². The minimum atomic E-state index is 0. The third-order valence-corrected chi connectivity index (χ3v) is 4.87. The zero-order valence-corrected chi connectivity index (χ0v) is 16.2. The highest BCUT2D eigenvalue weighted by atomic mass is 35.5. The molecule has 0 spiro atoms. The van der Waals surface area contributed by atoms with Crippen molar-refractivity contribution < 1.29 is 4.79 Å². The number of hydrogen-bond donors (Lipinski definition) is 1. The Labute approximate surface area is 159 Å². The van der Waals surface area contributed by atoms with Crippen LogP contribution in [-0.4, -0.2) is 46.8 Å². The third kappa shape index (κ3) is 4.35. The number of aryl methyl sites for hydroxylation is 1. The van der Waals surface area contributed by atoms with Crippen molar-refractivity contribution >= 4 is 29.9 Å². The van der Waals surface area contributed by atoms with E-state index in [-0.39, 0.29) is 18.3 Å². The number of carbonyl (C=O) groups is 1. The second-order valence-corrected chi connectivity index (χ2v) is 6.60. The number of hydrogen-bond acceptors (Lipinski definition) is 3. The number of nitrogens with one attached hydrogen (secondary N) is 1. The molecule has 0 radical (unpaired) electrons. The molecule has 5 nitrogen and oxygen atoms in total. The summed E-state index contributed by atoms with van der Waals surface area (Å²) in [5, 5.41) is 8.63. The van der Waals surface area contributed by atoms with Crippen LogP contribution in [0.4, 0.5) is 0 Å². The van der Waals surface area contributed by atoms with Crippen molar-refractivity contribution in [2.24, 2.45) is 0 Å². The largest absolute Gasteiger partial charge is 0.337 e. The van der Waals surface area contributed by atoms with Crippen molar-refractivity contribution in [1.29, 1.82) is 0 Å². The smallest absolute Gasteiger partial charge is 0.257 e. The molecule has 1 aromatic heterocycles. The van der Waals surface area contributed by atoms with Crippen LogP contribution in [0.1, 0.15) is 33.7 Å². The predicted molar refractivity (Wildman–Crippen MR) is 103 cm³/mol. The molecule has 1 N–H and O–H groups in total.